The molecule has 268 valence electrons. The van der Waals surface area contributed by atoms with Crippen LogP contribution in [0.2, 0.25) is 0 Å². The van der Waals surface area contributed by atoms with Gasteiger partial charge in [-0.25, -0.2) is 0 Å². The van der Waals surface area contributed by atoms with Gasteiger partial charge in [-0.15, -0.1) is 11.3 Å². The average molecular weight is 746 g/mol. The molecule has 0 atom stereocenters. The van der Waals surface area contributed by atoms with Crippen molar-refractivity contribution < 1.29 is 4.42 Å². The monoisotopic (exact) mass is 745 g/mol. The first-order chi connectivity index (χ1) is 28.3. The van der Waals surface area contributed by atoms with Crippen LogP contribution < -0.4 is 4.90 Å². The third kappa shape index (κ3) is 5.80. The van der Waals surface area contributed by atoms with E-state index in [1.165, 1.54) is 53.6 Å². The van der Waals surface area contributed by atoms with Crippen LogP contribution in [0.25, 0.3) is 86.6 Å². The third-order valence-corrected chi connectivity index (χ3v) is 12.3. The fraction of sp³-hybridized carbons (Fsp3) is 0. The summed E-state index contributed by atoms with van der Waals surface area (Å²) in [5.74, 6) is 0. The lowest BCUT2D eigenvalue weighted by atomic mass is 9.97. The molecule has 0 bridgehead atoms. The van der Waals surface area contributed by atoms with Crippen molar-refractivity contribution in [1.82, 2.24) is 0 Å². The van der Waals surface area contributed by atoms with Crippen LogP contribution in [0.15, 0.2) is 217 Å². The maximum absolute atomic E-state index is 6.26. The largest absolute Gasteiger partial charge is 0.456 e. The van der Waals surface area contributed by atoms with Gasteiger partial charge in [0.05, 0.1) is 10.4 Å². The zero-order valence-electron chi connectivity index (χ0n) is 31.0. The third-order valence-electron chi connectivity index (χ3n) is 11.1. The molecule has 11 aromatic rings. The SMILES string of the molecule is c1ccc(-c2cccc(-c3ccc(N(c4ccc(-c5cccc6oc7ccccc7c56)cc4)c4ccc(-c5ccccc5)c5c4sc4ccccc45)cc3)c2)cc1. The van der Waals surface area contributed by atoms with Crippen LogP contribution in [0.5, 0.6) is 0 Å². The molecule has 0 aliphatic rings. The minimum atomic E-state index is 0.902. The second-order valence-corrected chi connectivity index (χ2v) is 15.5. The van der Waals surface area contributed by atoms with E-state index in [2.05, 4.69) is 205 Å². The highest BCUT2D eigenvalue weighted by Gasteiger charge is 2.21. The first-order valence-electron chi connectivity index (χ1n) is 19.3. The molecule has 0 aliphatic heterocycles. The summed E-state index contributed by atoms with van der Waals surface area (Å²) in [7, 11) is 0. The van der Waals surface area contributed by atoms with Crippen molar-refractivity contribution in [2.75, 3.05) is 4.90 Å². The van der Waals surface area contributed by atoms with E-state index in [0.29, 0.717) is 0 Å². The van der Waals surface area contributed by atoms with E-state index in [9.17, 15) is 0 Å². The van der Waals surface area contributed by atoms with Crippen molar-refractivity contribution in [3.05, 3.63) is 212 Å². The Morgan fingerprint density at radius 1 is 0.351 bits per heavy atom. The van der Waals surface area contributed by atoms with Crippen molar-refractivity contribution >= 4 is 70.5 Å². The number of hydrogen-bond donors (Lipinski definition) is 0. The molecule has 2 heterocycles. The molecule has 0 saturated carbocycles. The van der Waals surface area contributed by atoms with Crippen molar-refractivity contribution in [2.45, 2.75) is 0 Å². The van der Waals surface area contributed by atoms with Gasteiger partial charge in [-0.1, -0.05) is 158 Å². The molecule has 0 aliphatic carbocycles. The first-order valence-corrected chi connectivity index (χ1v) is 20.1. The normalized spacial score (nSPS) is 11.5. The predicted molar refractivity (Wildman–Crippen MR) is 243 cm³/mol. The minimum Gasteiger partial charge on any atom is -0.456 e. The van der Waals surface area contributed by atoms with Gasteiger partial charge in [-0.2, -0.15) is 0 Å². The molecule has 0 N–H and O–H groups in total. The highest BCUT2D eigenvalue weighted by atomic mass is 32.1. The zero-order valence-corrected chi connectivity index (χ0v) is 31.8. The lowest BCUT2D eigenvalue weighted by Gasteiger charge is -2.27. The number of para-hydroxylation sites is 1. The number of anilines is 3. The van der Waals surface area contributed by atoms with Gasteiger partial charge in [-0.05, 0) is 99.1 Å². The number of furan rings is 1. The second-order valence-electron chi connectivity index (χ2n) is 14.5. The molecular formula is C54H35NOS. The second kappa shape index (κ2) is 13.8. The van der Waals surface area contributed by atoms with E-state index < -0.39 is 0 Å². The Balaban J connectivity index is 1.07. The average Bonchev–Trinajstić information content (AvgIpc) is 3.87. The molecule has 0 radical (unpaired) electrons. The van der Waals surface area contributed by atoms with E-state index in [1.807, 2.05) is 23.5 Å². The summed E-state index contributed by atoms with van der Waals surface area (Å²) in [6, 6.07) is 76.3. The summed E-state index contributed by atoms with van der Waals surface area (Å²) in [6.07, 6.45) is 0. The number of thiophene rings is 1. The summed E-state index contributed by atoms with van der Waals surface area (Å²) in [5, 5.41) is 4.85. The Hall–Kier alpha value is -7.20. The van der Waals surface area contributed by atoms with Crippen LogP contribution in [0.1, 0.15) is 0 Å². The first kappa shape index (κ1) is 33.2. The standard InChI is InChI=1S/C54H35NOS/c1-3-13-36(14-4-1)40-17-11-18-41(35-40)37-25-29-42(30-26-37)55(43-31-27-39(28-32-43)44-21-12-23-50-52(44)46-19-7-9-22-49(46)56-50)48-34-33-45(38-15-5-2-6-16-38)53-47-20-8-10-24-51(47)57-54(48)53/h1-35H. The molecule has 0 amide bonds. The van der Waals surface area contributed by atoms with E-state index in [4.69, 9.17) is 4.42 Å². The highest BCUT2D eigenvalue weighted by molar-refractivity contribution is 7.26. The topological polar surface area (TPSA) is 16.4 Å². The van der Waals surface area contributed by atoms with Gasteiger partial charge < -0.3 is 9.32 Å². The number of fused-ring (bicyclic) bond motifs is 6. The van der Waals surface area contributed by atoms with Crippen molar-refractivity contribution in [2.24, 2.45) is 0 Å². The maximum atomic E-state index is 6.26. The van der Waals surface area contributed by atoms with Crippen LogP contribution in [-0.2, 0) is 0 Å². The molecule has 0 spiro atoms. The lowest BCUT2D eigenvalue weighted by molar-refractivity contribution is 0.669. The summed E-state index contributed by atoms with van der Waals surface area (Å²) < 4.78 is 8.80. The Bertz CT molecular complexity index is 3210. The van der Waals surface area contributed by atoms with Crippen LogP contribution in [-0.4, -0.2) is 0 Å². The Morgan fingerprint density at radius 2 is 0.877 bits per heavy atom. The maximum Gasteiger partial charge on any atom is 0.136 e. The van der Waals surface area contributed by atoms with Crippen molar-refractivity contribution in [1.29, 1.82) is 0 Å². The molecule has 0 saturated heterocycles. The molecule has 3 heteroatoms. The van der Waals surface area contributed by atoms with Gasteiger partial charge in [0.25, 0.3) is 0 Å². The molecule has 57 heavy (non-hydrogen) atoms. The zero-order chi connectivity index (χ0) is 37.7. The van der Waals surface area contributed by atoms with E-state index in [1.54, 1.807) is 0 Å². The Morgan fingerprint density at radius 3 is 1.61 bits per heavy atom. The van der Waals surface area contributed by atoms with E-state index in [0.717, 1.165) is 50.1 Å². The molecule has 0 fully saturated rings. The van der Waals surface area contributed by atoms with Crippen LogP contribution >= 0.6 is 11.3 Å². The van der Waals surface area contributed by atoms with E-state index in [-0.39, 0.29) is 0 Å². The quantitative estimate of drug-likeness (QED) is 0.162. The Kier molecular flexibility index (Phi) is 8.04. The highest BCUT2D eigenvalue weighted by Crippen LogP contribution is 2.49. The number of hydrogen-bond acceptors (Lipinski definition) is 3. The van der Waals surface area contributed by atoms with Crippen LogP contribution in [0.3, 0.4) is 0 Å². The van der Waals surface area contributed by atoms with Crippen LogP contribution in [0, 0.1) is 0 Å². The summed E-state index contributed by atoms with van der Waals surface area (Å²) >= 11 is 1.87. The molecule has 11 rings (SSSR count). The number of benzene rings is 9. The molecule has 9 aromatic carbocycles. The van der Waals surface area contributed by atoms with Gasteiger partial charge in [0.15, 0.2) is 0 Å². The molecule has 0 unspecified atom stereocenters. The van der Waals surface area contributed by atoms with Gasteiger partial charge in [-0.3, -0.25) is 0 Å². The van der Waals surface area contributed by atoms with Crippen molar-refractivity contribution in [3.63, 3.8) is 0 Å². The summed E-state index contributed by atoms with van der Waals surface area (Å²) in [5.41, 5.74) is 14.7. The molecule has 2 nitrogen and oxygen atoms in total. The minimum absolute atomic E-state index is 0.902. The number of rotatable bonds is 7. The summed E-state index contributed by atoms with van der Waals surface area (Å²) in [6.45, 7) is 0. The molecule has 2 aromatic heterocycles. The van der Waals surface area contributed by atoms with Gasteiger partial charge >= 0.3 is 0 Å². The number of nitrogens with zero attached hydrogens (tertiary/aromatic N) is 1. The predicted octanol–water partition coefficient (Wildman–Crippen LogP) is 16.1. The molecular weight excluding hydrogens is 711 g/mol. The fourth-order valence-corrected chi connectivity index (χ4v) is 9.63. The lowest BCUT2D eigenvalue weighted by Crippen LogP contribution is -2.10. The van der Waals surface area contributed by atoms with Gasteiger partial charge in [0.2, 0.25) is 0 Å². The summed E-state index contributed by atoms with van der Waals surface area (Å²) in [4.78, 5) is 2.42. The smallest absolute Gasteiger partial charge is 0.136 e. The van der Waals surface area contributed by atoms with Crippen molar-refractivity contribution in [3.8, 4) is 44.5 Å². The fourth-order valence-electron chi connectivity index (χ4n) is 8.39. The van der Waals surface area contributed by atoms with Gasteiger partial charge in [0, 0.05) is 37.6 Å². The van der Waals surface area contributed by atoms with Crippen LogP contribution in [0.4, 0.5) is 17.1 Å². The van der Waals surface area contributed by atoms with Gasteiger partial charge in [0.1, 0.15) is 11.2 Å². The Labute approximate surface area is 335 Å². The van der Waals surface area contributed by atoms with E-state index >= 15 is 0 Å².